The van der Waals surface area contributed by atoms with Gasteiger partial charge in [0, 0.05) is 23.0 Å². The lowest BCUT2D eigenvalue weighted by atomic mass is 10.1. The van der Waals surface area contributed by atoms with Crippen LogP contribution in [0, 0.1) is 0 Å². The van der Waals surface area contributed by atoms with Crippen LogP contribution >= 0.6 is 0 Å². The fraction of sp³-hybridized carbons (Fsp3) is 0.308. The molecule has 1 aromatic heterocycles. The van der Waals surface area contributed by atoms with E-state index < -0.39 is 0 Å². The SMILES string of the molecule is CCCc1[nH]c2ccccc2c1CC=O. The number of rotatable bonds is 4. The number of carbonyl (C=O) groups excluding carboxylic acids is 1. The van der Waals surface area contributed by atoms with Crippen molar-refractivity contribution in [3.05, 3.63) is 35.5 Å². The molecular weight excluding hydrogens is 186 g/mol. The fourth-order valence-electron chi connectivity index (χ4n) is 2.04. The number of benzene rings is 1. The number of H-pyrrole nitrogens is 1. The molecule has 0 spiro atoms. The average molecular weight is 201 g/mol. The highest BCUT2D eigenvalue weighted by Gasteiger charge is 2.09. The minimum absolute atomic E-state index is 0.513. The first-order chi connectivity index (χ1) is 7.36. The monoisotopic (exact) mass is 201 g/mol. The molecule has 0 aliphatic carbocycles. The van der Waals surface area contributed by atoms with Gasteiger partial charge in [-0.05, 0) is 18.1 Å². The van der Waals surface area contributed by atoms with Crippen LogP contribution in [0.25, 0.3) is 10.9 Å². The lowest BCUT2D eigenvalue weighted by Crippen LogP contribution is -1.92. The Morgan fingerprint density at radius 2 is 2.13 bits per heavy atom. The normalized spacial score (nSPS) is 10.7. The van der Waals surface area contributed by atoms with Gasteiger partial charge in [0.05, 0.1) is 0 Å². The second-order valence-electron chi connectivity index (χ2n) is 3.75. The molecule has 1 aromatic carbocycles. The molecule has 0 aliphatic heterocycles. The van der Waals surface area contributed by atoms with Gasteiger partial charge in [-0.3, -0.25) is 0 Å². The molecule has 0 unspecified atom stereocenters. The van der Waals surface area contributed by atoms with Crippen molar-refractivity contribution in [2.75, 3.05) is 0 Å². The van der Waals surface area contributed by atoms with Gasteiger partial charge in [0.1, 0.15) is 6.29 Å². The number of nitrogens with one attached hydrogen (secondary N) is 1. The molecule has 15 heavy (non-hydrogen) atoms. The summed E-state index contributed by atoms with van der Waals surface area (Å²) in [6, 6.07) is 8.16. The van der Waals surface area contributed by atoms with Crippen LogP contribution < -0.4 is 0 Å². The minimum Gasteiger partial charge on any atom is -0.358 e. The van der Waals surface area contributed by atoms with E-state index in [1.54, 1.807) is 0 Å². The minimum atomic E-state index is 0.513. The number of aryl methyl sites for hydroxylation is 1. The predicted molar refractivity (Wildman–Crippen MR) is 62.1 cm³/mol. The van der Waals surface area contributed by atoms with Gasteiger partial charge in [0.15, 0.2) is 0 Å². The Hall–Kier alpha value is -1.57. The molecule has 78 valence electrons. The molecule has 2 nitrogen and oxygen atoms in total. The molecule has 2 rings (SSSR count). The second-order valence-corrected chi connectivity index (χ2v) is 3.75. The molecule has 2 heteroatoms. The molecule has 0 fully saturated rings. The number of aldehydes is 1. The summed E-state index contributed by atoms with van der Waals surface area (Å²) in [7, 11) is 0. The largest absolute Gasteiger partial charge is 0.358 e. The maximum absolute atomic E-state index is 10.7. The standard InChI is InChI=1S/C13H15NO/c1-2-5-12-11(8-9-15)10-6-3-4-7-13(10)14-12/h3-4,6-7,9,14H,2,5,8H2,1H3. The molecule has 0 aliphatic rings. The Bertz CT molecular complexity index is 470. The summed E-state index contributed by atoms with van der Waals surface area (Å²) in [6.07, 6.45) is 3.60. The fourth-order valence-corrected chi connectivity index (χ4v) is 2.04. The molecule has 1 N–H and O–H groups in total. The molecule has 1 heterocycles. The van der Waals surface area contributed by atoms with E-state index in [1.807, 2.05) is 12.1 Å². The number of aromatic nitrogens is 1. The van der Waals surface area contributed by atoms with Gasteiger partial charge in [-0.1, -0.05) is 31.5 Å². The summed E-state index contributed by atoms with van der Waals surface area (Å²) in [5.74, 6) is 0. The zero-order chi connectivity index (χ0) is 10.7. The topological polar surface area (TPSA) is 32.9 Å². The quantitative estimate of drug-likeness (QED) is 0.758. The van der Waals surface area contributed by atoms with Gasteiger partial charge in [0.2, 0.25) is 0 Å². The van der Waals surface area contributed by atoms with Gasteiger partial charge < -0.3 is 9.78 Å². The summed E-state index contributed by atoms with van der Waals surface area (Å²) in [5, 5.41) is 1.19. The van der Waals surface area contributed by atoms with Gasteiger partial charge in [-0.15, -0.1) is 0 Å². The Morgan fingerprint density at radius 3 is 2.87 bits per heavy atom. The van der Waals surface area contributed by atoms with Crippen molar-refractivity contribution >= 4 is 17.2 Å². The van der Waals surface area contributed by atoms with Crippen LogP contribution in [0.2, 0.25) is 0 Å². The van der Waals surface area contributed by atoms with Gasteiger partial charge in [0.25, 0.3) is 0 Å². The number of hydrogen-bond acceptors (Lipinski definition) is 1. The maximum Gasteiger partial charge on any atom is 0.124 e. The molecule has 0 radical (unpaired) electrons. The van der Waals surface area contributed by atoms with Crippen LogP contribution in [0.4, 0.5) is 0 Å². The Morgan fingerprint density at radius 1 is 1.33 bits per heavy atom. The van der Waals surface area contributed by atoms with E-state index in [0.717, 1.165) is 24.6 Å². The molecule has 0 bridgehead atoms. The lowest BCUT2D eigenvalue weighted by Gasteiger charge is -1.98. The summed E-state index contributed by atoms with van der Waals surface area (Å²) in [4.78, 5) is 14.0. The first-order valence-corrected chi connectivity index (χ1v) is 5.39. The maximum atomic E-state index is 10.7. The van der Waals surface area contributed by atoms with E-state index in [0.29, 0.717) is 6.42 Å². The van der Waals surface area contributed by atoms with Crippen molar-refractivity contribution in [3.8, 4) is 0 Å². The predicted octanol–water partition coefficient (Wildman–Crippen LogP) is 2.86. The van der Waals surface area contributed by atoms with Crippen LogP contribution in [0.3, 0.4) is 0 Å². The lowest BCUT2D eigenvalue weighted by molar-refractivity contribution is -0.107. The van der Waals surface area contributed by atoms with Gasteiger partial charge in [-0.25, -0.2) is 0 Å². The third kappa shape index (κ3) is 1.80. The third-order valence-electron chi connectivity index (χ3n) is 2.69. The number of aromatic amines is 1. The van der Waals surface area contributed by atoms with Gasteiger partial charge in [-0.2, -0.15) is 0 Å². The van der Waals surface area contributed by atoms with Crippen LogP contribution in [0.15, 0.2) is 24.3 Å². The highest BCUT2D eigenvalue weighted by Crippen LogP contribution is 2.23. The Labute approximate surface area is 89.3 Å². The Balaban J connectivity index is 2.57. The second kappa shape index (κ2) is 4.30. The number of hydrogen-bond donors (Lipinski definition) is 1. The molecule has 0 atom stereocenters. The van der Waals surface area contributed by atoms with Crippen molar-refractivity contribution in [2.45, 2.75) is 26.2 Å². The van der Waals surface area contributed by atoms with E-state index >= 15 is 0 Å². The van der Waals surface area contributed by atoms with E-state index in [2.05, 4.69) is 24.0 Å². The number of fused-ring (bicyclic) bond motifs is 1. The molecule has 0 saturated carbocycles. The summed E-state index contributed by atoms with van der Waals surface area (Å²) in [6.45, 7) is 2.15. The number of carbonyl (C=O) groups is 1. The molecule has 0 amide bonds. The number of para-hydroxylation sites is 1. The zero-order valence-corrected chi connectivity index (χ0v) is 8.92. The Kier molecular flexibility index (Phi) is 2.86. The van der Waals surface area contributed by atoms with Crippen LogP contribution in [-0.4, -0.2) is 11.3 Å². The summed E-state index contributed by atoms with van der Waals surface area (Å²) < 4.78 is 0. The summed E-state index contributed by atoms with van der Waals surface area (Å²) in [5.41, 5.74) is 3.52. The smallest absolute Gasteiger partial charge is 0.124 e. The van der Waals surface area contributed by atoms with Crippen molar-refractivity contribution in [1.29, 1.82) is 0 Å². The summed E-state index contributed by atoms with van der Waals surface area (Å²) >= 11 is 0. The molecule has 0 saturated heterocycles. The average Bonchev–Trinajstić information content (AvgIpc) is 2.59. The van der Waals surface area contributed by atoms with Crippen molar-refractivity contribution < 1.29 is 4.79 Å². The van der Waals surface area contributed by atoms with E-state index in [9.17, 15) is 4.79 Å². The van der Waals surface area contributed by atoms with Crippen molar-refractivity contribution in [3.63, 3.8) is 0 Å². The van der Waals surface area contributed by atoms with E-state index in [1.165, 1.54) is 16.6 Å². The van der Waals surface area contributed by atoms with Gasteiger partial charge >= 0.3 is 0 Å². The van der Waals surface area contributed by atoms with Crippen LogP contribution in [0.5, 0.6) is 0 Å². The first-order valence-electron chi connectivity index (χ1n) is 5.39. The van der Waals surface area contributed by atoms with E-state index in [-0.39, 0.29) is 0 Å². The molecule has 2 aromatic rings. The van der Waals surface area contributed by atoms with Crippen LogP contribution in [0.1, 0.15) is 24.6 Å². The highest BCUT2D eigenvalue weighted by atomic mass is 16.1. The molecular formula is C13H15NO. The highest BCUT2D eigenvalue weighted by molar-refractivity contribution is 5.86. The van der Waals surface area contributed by atoms with Crippen molar-refractivity contribution in [2.24, 2.45) is 0 Å². The van der Waals surface area contributed by atoms with Crippen molar-refractivity contribution in [1.82, 2.24) is 4.98 Å². The third-order valence-corrected chi connectivity index (χ3v) is 2.69. The van der Waals surface area contributed by atoms with E-state index in [4.69, 9.17) is 0 Å². The van der Waals surface area contributed by atoms with Crippen LogP contribution in [-0.2, 0) is 17.6 Å². The zero-order valence-electron chi connectivity index (χ0n) is 8.92. The first kappa shape index (κ1) is 9.97.